The standard InChI is InChI=1S/C20H23N3O2S/c1-22(2)11-12-23-19(24)17-9-4-5-10-18(17)21-20(23)26-14-15-7-6-8-16(13-15)25-3/h4-10,13H,11-12,14H2,1-3H3. The molecule has 3 aromatic rings. The van der Waals surface area contributed by atoms with Crippen molar-refractivity contribution in [2.24, 2.45) is 0 Å². The van der Waals surface area contributed by atoms with E-state index in [9.17, 15) is 4.79 Å². The number of thioether (sulfide) groups is 1. The Morgan fingerprint density at radius 3 is 2.73 bits per heavy atom. The van der Waals surface area contributed by atoms with Crippen LogP contribution in [-0.2, 0) is 12.3 Å². The fourth-order valence-corrected chi connectivity index (χ4v) is 3.63. The van der Waals surface area contributed by atoms with E-state index in [1.165, 1.54) is 0 Å². The highest BCUT2D eigenvalue weighted by Gasteiger charge is 2.12. The van der Waals surface area contributed by atoms with Gasteiger partial charge in [0.25, 0.3) is 5.56 Å². The summed E-state index contributed by atoms with van der Waals surface area (Å²) >= 11 is 1.58. The number of hydrogen-bond donors (Lipinski definition) is 0. The molecule has 0 spiro atoms. The molecule has 2 aromatic carbocycles. The van der Waals surface area contributed by atoms with Crippen molar-refractivity contribution in [3.8, 4) is 5.75 Å². The third-order valence-corrected chi connectivity index (χ3v) is 5.15. The summed E-state index contributed by atoms with van der Waals surface area (Å²) in [4.78, 5) is 19.8. The topological polar surface area (TPSA) is 47.4 Å². The van der Waals surface area contributed by atoms with E-state index in [0.29, 0.717) is 11.9 Å². The summed E-state index contributed by atoms with van der Waals surface area (Å²) in [5.74, 6) is 1.56. The number of nitrogens with zero attached hydrogens (tertiary/aromatic N) is 3. The van der Waals surface area contributed by atoms with Gasteiger partial charge >= 0.3 is 0 Å². The van der Waals surface area contributed by atoms with E-state index in [2.05, 4.69) is 11.0 Å². The van der Waals surface area contributed by atoms with Crippen LogP contribution in [0.3, 0.4) is 0 Å². The van der Waals surface area contributed by atoms with Crippen molar-refractivity contribution in [2.45, 2.75) is 17.5 Å². The highest BCUT2D eigenvalue weighted by atomic mass is 32.2. The summed E-state index contributed by atoms with van der Waals surface area (Å²) in [6.45, 7) is 1.40. The SMILES string of the molecule is COc1cccc(CSc2nc3ccccc3c(=O)n2CCN(C)C)c1. The largest absolute Gasteiger partial charge is 0.497 e. The molecule has 0 atom stereocenters. The molecule has 0 saturated heterocycles. The van der Waals surface area contributed by atoms with Crippen LogP contribution < -0.4 is 10.3 Å². The van der Waals surface area contributed by atoms with Crippen LogP contribution in [0.25, 0.3) is 10.9 Å². The zero-order valence-electron chi connectivity index (χ0n) is 15.3. The first kappa shape index (κ1) is 18.5. The molecule has 0 aliphatic rings. The lowest BCUT2D eigenvalue weighted by atomic mass is 10.2. The summed E-state index contributed by atoms with van der Waals surface area (Å²) in [5.41, 5.74) is 1.90. The molecule has 136 valence electrons. The molecule has 0 fully saturated rings. The number of ether oxygens (including phenoxy) is 1. The van der Waals surface area contributed by atoms with E-state index >= 15 is 0 Å². The maximum absolute atomic E-state index is 12.9. The number of para-hydroxylation sites is 1. The Bertz CT molecular complexity index is 953. The van der Waals surface area contributed by atoms with Crippen molar-refractivity contribution in [3.05, 3.63) is 64.4 Å². The van der Waals surface area contributed by atoms with Crippen LogP contribution in [0, 0.1) is 0 Å². The fraction of sp³-hybridized carbons (Fsp3) is 0.300. The van der Waals surface area contributed by atoms with Gasteiger partial charge in [0.05, 0.1) is 18.0 Å². The summed E-state index contributed by atoms with van der Waals surface area (Å²) in [6, 6.07) is 15.5. The molecule has 0 aliphatic heterocycles. The Labute approximate surface area is 157 Å². The first-order valence-electron chi connectivity index (χ1n) is 8.48. The van der Waals surface area contributed by atoms with E-state index < -0.39 is 0 Å². The van der Waals surface area contributed by atoms with E-state index in [1.54, 1.807) is 23.4 Å². The zero-order chi connectivity index (χ0) is 18.5. The van der Waals surface area contributed by atoms with Gasteiger partial charge in [0, 0.05) is 18.8 Å². The zero-order valence-corrected chi connectivity index (χ0v) is 16.1. The molecule has 26 heavy (non-hydrogen) atoms. The Hall–Kier alpha value is -2.31. The Morgan fingerprint density at radius 1 is 1.15 bits per heavy atom. The highest BCUT2D eigenvalue weighted by molar-refractivity contribution is 7.98. The minimum Gasteiger partial charge on any atom is -0.497 e. The molecule has 0 amide bonds. The van der Waals surface area contributed by atoms with Gasteiger partial charge in [0.1, 0.15) is 5.75 Å². The Balaban J connectivity index is 1.94. The molecule has 3 rings (SSSR count). The quantitative estimate of drug-likeness (QED) is 0.473. The van der Waals surface area contributed by atoms with Gasteiger partial charge in [-0.25, -0.2) is 4.98 Å². The van der Waals surface area contributed by atoms with Crippen molar-refractivity contribution in [1.82, 2.24) is 14.5 Å². The van der Waals surface area contributed by atoms with Crippen LogP contribution in [-0.4, -0.2) is 42.2 Å². The second-order valence-electron chi connectivity index (χ2n) is 6.31. The average molecular weight is 369 g/mol. The number of hydrogen-bond acceptors (Lipinski definition) is 5. The first-order valence-corrected chi connectivity index (χ1v) is 9.47. The van der Waals surface area contributed by atoms with Crippen molar-refractivity contribution in [2.75, 3.05) is 27.7 Å². The van der Waals surface area contributed by atoms with Gasteiger partial charge < -0.3 is 9.64 Å². The number of fused-ring (bicyclic) bond motifs is 1. The van der Waals surface area contributed by atoms with Crippen LogP contribution in [0.2, 0.25) is 0 Å². The van der Waals surface area contributed by atoms with Gasteiger partial charge in [-0.05, 0) is 43.9 Å². The van der Waals surface area contributed by atoms with Crippen LogP contribution in [0.4, 0.5) is 0 Å². The van der Waals surface area contributed by atoms with Crippen molar-refractivity contribution in [1.29, 1.82) is 0 Å². The third-order valence-electron chi connectivity index (χ3n) is 4.10. The lowest BCUT2D eigenvalue weighted by Crippen LogP contribution is -2.28. The van der Waals surface area contributed by atoms with E-state index in [4.69, 9.17) is 9.72 Å². The third kappa shape index (κ3) is 4.26. The lowest BCUT2D eigenvalue weighted by Gasteiger charge is -2.15. The molecule has 0 unspecified atom stereocenters. The van der Waals surface area contributed by atoms with Gasteiger partial charge in [-0.15, -0.1) is 0 Å². The maximum Gasteiger partial charge on any atom is 0.262 e. The van der Waals surface area contributed by atoms with Crippen LogP contribution in [0.15, 0.2) is 58.5 Å². The molecule has 5 nitrogen and oxygen atoms in total. The number of aromatic nitrogens is 2. The molecular weight excluding hydrogens is 346 g/mol. The number of likely N-dealkylation sites (N-methyl/N-ethyl adjacent to an activating group) is 1. The molecule has 6 heteroatoms. The molecule has 0 aliphatic carbocycles. The van der Waals surface area contributed by atoms with Crippen molar-refractivity contribution in [3.63, 3.8) is 0 Å². The summed E-state index contributed by atoms with van der Waals surface area (Å²) in [5, 5.41) is 1.41. The minimum absolute atomic E-state index is 0.0191. The second kappa shape index (κ2) is 8.38. The molecule has 1 heterocycles. The summed E-state index contributed by atoms with van der Waals surface area (Å²) in [6.07, 6.45) is 0. The Morgan fingerprint density at radius 2 is 1.96 bits per heavy atom. The normalized spacial score (nSPS) is 11.2. The maximum atomic E-state index is 12.9. The van der Waals surface area contributed by atoms with E-state index in [0.717, 1.165) is 34.3 Å². The van der Waals surface area contributed by atoms with Crippen LogP contribution >= 0.6 is 11.8 Å². The number of methoxy groups -OCH3 is 1. The molecule has 0 saturated carbocycles. The minimum atomic E-state index is 0.0191. The smallest absolute Gasteiger partial charge is 0.262 e. The van der Waals surface area contributed by atoms with E-state index in [1.807, 2.05) is 56.6 Å². The van der Waals surface area contributed by atoms with Gasteiger partial charge in [0.2, 0.25) is 0 Å². The Kier molecular flexibility index (Phi) is 5.96. The first-order chi connectivity index (χ1) is 12.6. The summed E-state index contributed by atoms with van der Waals surface area (Å²) in [7, 11) is 5.67. The number of benzene rings is 2. The van der Waals surface area contributed by atoms with Crippen LogP contribution in [0.5, 0.6) is 5.75 Å². The second-order valence-corrected chi connectivity index (χ2v) is 7.25. The van der Waals surface area contributed by atoms with Gasteiger partial charge in [-0.1, -0.05) is 36.0 Å². The molecular formula is C20H23N3O2S. The molecule has 0 N–H and O–H groups in total. The monoisotopic (exact) mass is 369 g/mol. The number of rotatable bonds is 7. The highest BCUT2D eigenvalue weighted by Crippen LogP contribution is 2.24. The molecule has 1 aromatic heterocycles. The fourth-order valence-electron chi connectivity index (χ4n) is 2.67. The van der Waals surface area contributed by atoms with Crippen LogP contribution in [0.1, 0.15) is 5.56 Å². The van der Waals surface area contributed by atoms with Gasteiger partial charge in [-0.3, -0.25) is 9.36 Å². The summed E-state index contributed by atoms with van der Waals surface area (Å²) < 4.78 is 7.07. The van der Waals surface area contributed by atoms with Crippen molar-refractivity contribution >= 4 is 22.7 Å². The average Bonchev–Trinajstić information content (AvgIpc) is 2.66. The molecule has 0 radical (unpaired) electrons. The van der Waals surface area contributed by atoms with E-state index in [-0.39, 0.29) is 5.56 Å². The lowest BCUT2D eigenvalue weighted by molar-refractivity contribution is 0.371. The predicted octanol–water partition coefficient (Wildman–Crippen LogP) is 3.26. The predicted molar refractivity (Wildman–Crippen MR) is 107 cm³/mol. The van der Waals surface area contributed by atoms with Gasteiger partial charge in [0.15, 0.2) is 5.16 Å². The van der Waals surface area contributed by atoms with Crippen molar-refractivity contribution < 1.29 is 4.74 Å². The molecule has 0 bridgehead atoms. The van der Waals surface area contributed by atoms with Gasteiger partial charge in [-0.2, -0.15) is 0 Å².